The molecule has 0 aromatic carbocycles. The molecule has 0 spiro atoms. The van der Waals surface area contributed by atoms with Crippen molar-refractivity contribution in [2.24, 2.45) is 0 Å². The lowest BCUT2D eigenvalue weighted by molar-refractivity contribution is 0.232. The summed E-state index contributed by atoms with van der Waals surface area (Å²) in [7, 11) is -1.39. The van der Waals surface area contributed by atoms with E-state index in [1.807, 2.05) is 39.0 Å². The van der Waals surface area contributed by atoms with E-state index >= 15 is 0 Å². The Hall–Kier alpha value is -1.43. The van der Waals surface area contributed by atoms with Gasteiger partial charge in [0, 0.05) is 12.7 Å². The number of aromatic nitrogens is 1. The number of pyridine rings is 1. The molecule has 18 heavy (non-hydrogen) atoms. The van der Waals surface area contributed by atoms with E-state index in [4.69, 9.17) is 0 Å². The van der Waals surface area contributed by atoms with Crippen LogP contribution < -0.4 is 5.32 Å². The first-order valence-electron chi connectivity index (χ1n) is 5.81. The van der Waals surface area contributed by atoms with Crippen LogP contribution in [-0.2, 0) is 11.0 Å². The van der Waals surface area contributed by atoms with Crippen molar-refractivity contribution in [1.29, 1.82) is 0 Å². The number of nitrogens with one attached hydrogen (secondary N) is 1. The Kier molecular flexibility index (Phi) is 3.38. The van der Waals surface area contributed by atoms with Crippen LogP contribution in [0.3, 0.4) is 0 Å². The summed E-state index contributed by atoms with van der Waals surface area (Å²) in [6.07, 6.45) is 1.68. The maximum Gasteiger partial charge on any atom is 0.330 e. The van der Waals surface area contributed by atoms with E-state index in [0.29, 0.717) is 6.54 Å². The SMILES string of the molecule is CC(C)(C)S(=O)N1C(=O)NCC1c1ccccn1. The Labute approximate surface area is 109 Å². The van der Waals surface area contributed by atoms with E-state index in [-0.39, 0.29) is 12.1 Å². The molecule has 2 amide bonds. The molecule has 1 aliphatic rings. The van der Waals surface area contributed by atoms with Crippen molar-refractivity contribution in [1.82, 2.24) is 14.6 Å². The molecule has 2 heterocycles. The summed E-state index contributed by atoms with van der Waals surface area (Å²) < 4.78 is 13.3. The smallest absolute Gasteiger partial charge is 0.330 e. The highest BCUT2D eigenvalue weighted by Gasteiger charge is 2.40. The summed E-state index contributed by atoms with van der Waals surface area (Å²) in [4.78, 5) is 16.1. The van der Waals surface area contributed by atoms with Gasteiger partial charge in [-0.1, -0.05) is 6.07 Å². The largest absolute Gasteiger partial charge is 0.335 e. The van der Waals surface area contributed by atoms with Gasteiger partial charge in [0.05, 0.1) is 10.4 Å². The minimum atomic E-state index is -1.39. The minimum absolute atomic E-state index is 0.265. The number of urea groups is 1. The number of nitrogens with zero attached hydrogens (tertiary/aromatic N) is 2. The molecule has 98 valence electrons. The highest BCUT2D eigenvalue weighted by Crippen LogP contribution is 2.29. The van der Waals surface area contributed by atoms with Crippen LogP contribution in [0.2, 0.25) is 0 Å². The van der Waals surface area contributed by atoms with Crippen LogP contribution >= 0.6 is 0 Å². The Morgan fingerprint density at radius 2 is 2.17 bits per heavy atom. The van der Waals surface area contributed by atoms with Gasteiger partial charge in [0.15, 0.2) is 0 Å². The number of hydrogen-bond donors (Lipinski definition) is 1. The van der Waals surface area contributed by atoms with Crippen molar-refractivity contribution in [2.45, 2.75) is 31.6 Å². The fraction of sp³-hybridized carbons (Fsp3) is 0.500. The van der Waals surface area contributed by atoms with Crippen LogP contribution in [-0.4, -0.2) is 30.8 Å². The Morgan fingerprint density at radius 1 is 1.44 bits per heavy atom. The fourth-order valence-corrected chi connectivity index (χ4v) is 2.99. The van der Waals surface area contributed by atoms with E-state index < -0.39 is 15.7 Å². The molecule has 6 heteroatoms. The van der Waals surface area contributed by atoms with Gasteiger partial charge in [-0.15, -0.1) is 0 Å². The number of amides is 2. The van der Waals surface area contributed by atoms with Crippen molar-refractivity contribution in [3.05, 3.63) is 30.1 Å². The molecule has 0 saturated carbocycles. The second kappa shape index (κ2) is 4.68. The summed E-state index contributed by atoms with van der Waals surface area (Å²) in [6.45, 7) is 6.00. The molecule has 2 rings (SSSR count). The van der Waals surface area contributed by atoms with Gasteiger partial charge in [0.25, 0.3) is 0 Å². The highest BCUT2D eigenvalue weighted by molar-refractivity contribution is 7.84. The molecule has 1 aromatic heterocycles. The van der Waals surface area contributed by atoms with Gasteiger partial charge in [-0.25, -0.2) is 13.3 Å². The zero-order chi connectivity index (χ0) is 13.3. The predicted octanol–water partition coefficient (Wildman–Crippen LogP) is 1.61. The van der Waals surface area contributed by atoms with Crippen LogP contribution in [0, 0.1) is 0 Å². The first-order chi connectivity index (χ1) is 8.41. The van der Waals surface area contributed by atoms with E-state index in [1.54, 1.807) is 6.20 Å². The number of carbonyl (C=O) groups is 1. The van der Waals surface area contributed by atoms with Gasteiger partial charge in [-0.2, -0.15) is 0 Å². The maximum absolute atomic E-state index is 12.4. The van der Waals surface area contributed by atoms with Crippen molar-refractivity contribution < 1.29 is 9.00 Å². The van der Waals surface area contributed by atoms with Gasteiger partial charge < -0.3 is 5.32 Å². The molecule has 0 aliphatic carbocycles. The first kappa shape index (κ1) is 13.0. The molecule has 2 atom stereocenters. The van der Waals surface area contributed by atoms with Gasteiger partial charge in [0.2, 0.25) is 0 Å². The summed E-state index contributed by atoms with van der Waals surface area (Å²) in [5, 5.41) is 2.73. The lowest BCUT2D eigenvalue weighted by Gasteiger charge is -2.28. The van der Waals surface area contributed by atoms with E-state index in [1.165, 1.54) is 4.31 Å². The quantitative estimate of drug-likeness (QED) is 0.885. The molecular weight excluding hydrogens is 250 g/mol. The fourth-order valence-electron chi connectivity index (χ4n) is 1.77. The molecule has 0 radical (unpaired) electrons. The van der Waals surface area contributed by atoms with Gasteiger partial charge in [0.1, 0.15) is 17.0 Å². The van der Waals surface area contributed by atoms with Crippen LogP contribution in [0.4, 0.5) is 4.79 Å². The van der Waals surface area contributed by atoms with Gasteiger partial charge in [-0.3, -0.25) is 4.98 Å². The van der Waals surface area contributed by atoms with Crippen molar-refractivity contribution in [3.63, 3.8) is 0 Å². The number of hydrogen-bond acceptors (Lipinski definition) is 3. The third-order valence-corrected chi connectivity index (χ3v) is 4.49. The highest BCUT2D eigenvalue weighted by atomic mass is 32.2. The monoisotopic (exact) mass is 267 g/mol. The molecule has 1 saturated heterocycles. The molecule has 2 unspecified atom stereocenters. The average Bonchev–Trinajstić information content (AvgIpc) is 2.70. The number of carbonyl (C=O) groups excluding carboxylic acids is 1. The summed E-state index contributed by atoms with van der Waals surface area (Å²) >= 11 is 0. The molecular formula is C12H17N3O2S. The molecule has 1 N–H and O–H groups in total. The molecule has 5 nitrogen and oxygen atoms in total. The van der Waals surface area contributed by atoms with E-state index in [9.17, 15) is 9.00 Å². The molecule has 1 aromatic rings. The van der Waals surface area contributed by atoms with Crippen molar-refractivity contribution in [2.75, 3.05) is 6.54 Å². The first-order valence-corrected chi connectivity index (χ1v) is 6.92. The molecule has 0 bridgehead atoms. The lowest BCUT2D eigenvalue weighted by Crippen LogP contribution is -2.40. The second-order valence-electron chi connectivity index (χ2n) is 5.14. The molecule has 1 fully saturated rings. The Morgan fingerprint density at radius 3 is 2.72 bits per heavy atom. The average molecular weight is 267 g/mol. The number of rotatable bonds is 2. The van der Waals surface area contributed by atoms with Crippen LogP contribution in [0.15, 0.2) is 24.4 Å². The van der Waals surface area contributed by atoms with Gasteiger partial charge >= 0.3 is 6.03 Å². The topological polar surface area (TPSA) is 62.3 Å². The molecule has 1 aliphatic heterocycles. The van der Waals surface area contributed by atoms with Crippen LogP contribution in [0.5, 0.6) is 0 Å². The van der Waals surface area contributed by atoms with Crippen molar-refractivity contribution in [3.8, 4) is 0 Å². The Bertz CT molecular complexity index is 470. The zero-order valence-electron chi connectivity index (χ0n) is 10.7. The van der Waals surface area contributed by atoms with Gasteiger partial charge in [-0.05, 0) is 32.9 Å². The van der Waals surface area contributed by atoms with Crippen LogP contribution in [0.25, 0.3) is 0 Å². The normalized spacial score (nSPS) is 21.8. The lowest BCUT2D eigenvalue weighted by atomic mass is 10.2. The van der Waals surface area contributed by atoms with E-state index in [2.05, 4.69) is 10.3 Å². The standard InChI is InChI=1S/C12H17N3O2S/c1-12(2,3)18(17)15-10(8-14-11(15)16)9-6-4-5-7-13-9/h4-7,10H,8H2,1-3H3,(H,14,16). The second-order valence-corrected chi connectivity index (χ2v) is 7.26. The third-order valence-electron chi connectivity index (χ3n) is 2.66. The Balaban J connectivity index is 2.32. The van der Waals surface area contributed by atoms with Crippen molar-refractivity contribution >= 4 is 17.0 Å². The maximum atomic E-state index is 12.4. The van der Waals surface area contributed by atoms with E-state index in [0.717, 1.165) is 5.69 Å². The third kappa shape index (κ3) is 2.38. The summed E-state index contributed by atoms with van der Waals surface area (Å²) in [6, 6.07) is 4.97. The zero-order valence-corrected chi connectivity index (χ0v) is 11.5. The predicted molar refractivity (Wildman–Crippen MR) is 70.1 cm³/mol. The van der Waals surface area contributed by atoms with Crippen LogP contribution in [0.1, 0.15) is 32.5 Å². The summed E-state index contributed by atoms with van der Waals surface area (Å²) in [5.41, 5.74) is 0.758. The minimum Gasteiger partial charge on any atom is -0.335 e. The summed E-state index contributed by atoms with van der Waals surface area (Å²) in [5.74, 6) is 0.